The summed E-state index contributed by atoms with van der Waals surface area (Å²) in [5.41, 5.74) is 0. The summed E-state index contributed by atoms with van der Waals surface area (Å²) in [4.78, 5) is 39.8. The Hall–Kier alpha value is 0.0600. The van der Waals surface area contributed by atoms with Crippen molar-refractivity contribution in [1.29, 1.82) is 0 Å². The lowest BCUT2D eigenvalue weighted by Gasteiger charge is -2.23. The first-order chi connectivity index (χ1) is 13.2. The predicted octanol–water partition coefficient (Wildman–Crippen LogP) is -1.06. The van der Waals surface area contributed by atoms with Crippen LogP contribution in [-0.4, -0.2) is 121 Å². The molecule has 1 heterocycles. The minimum absolute atomic E-state index is 0.288. The van der Waals surface area contributed by atoms with Gasteiger partial charge in [0.1, 0.15) is 12.6 Å². The van der Waals surface area contributed by atoms with Crippen molar-refractivity contribution < 1.29 is 47.7 Å². The van der Waals surface area contributed by atoms with Gasteiger partial charge in [-0.3, -0.25) is 18.9 Å². The van der Waals surface area contributed by atoms with Gasteiger partial charge in [-0.15, -0.1) is 0 Å². The van der Waals surface area contributed by atoms with Crippen LogP contribution >= 0.6 is 15.2 Å². The third kappa shape index (κ3) is 15.9. The molecule has 0 amide bonds. The summed E-state index contributed by atoms with van der Waals surface area (Å²) in [6.45, 7) is 3.78. The fraction of sp³-hybridized carbons (Fsp3) is 1.00. The van der Waals surface area contributed by atoms with Crippen LogP contribution in [0.25, 0.3) is 0 Å². The highest BCUT2D eigenvalue weighted by molar-refractivity contribution is 7.51. The highest BCUT2D eigenvalue weighted by Gasteiger charge is 2.20. The average Bonchev–Trinajstić information content (AvgIpc) is 2.55. The molecule has 1 aliphatic heterocycles. The predicted molar refractivity (Wildman–Crippen MR) is 100 cm³/mol. The number of hydrogen-bond donors (Lipinski definition) is 4. The maximum atomic E-state index is 11.2. The largest absolute Gasteiger partial charge is 0.378 e. The van der Waals surface area contributed by atoms with Crippen LogP contribution in [0.4, 0.5) is 0 Å². The van der Waals surface area contributed by atoms with E-state index in [0.29, 0.717) is 52.6 Å². The quantitative estimate of drug-likeness (QED) is 0.385. The Morgan fingerprint density at radius 1 is 0.536 bits per heavy atom. The lowest BCUT2D eigenvalue weighted by molar-refractivity contribution is 0.0110. The average molecular weight is 450 g/mol. The van der Waals surface area contributed by atoms with Crippen LogP contribution < -0.4 is 0 Å². The Kier molecular flexibility index (Phi) is 13.2. The molecule has 12 nitrogen and oxygen atoms in total. The van der Waals surface area contributed by atoms with Crippen molar-refractivity contribution in [2.45, 2.75) is 0 Å². The minimum atomic E-state index is -4.17. The standard InChI is InChI=1S/C14H32N2O10P2/c17-27(18,19)13-15-1-5-23-9-10-25-7-3-16(14-28(20,21)22)4-8-26-12-11-24-6-2-15/h1-14H2,(H2,17,18,19)(H2,20,21,22). The highest BCUT2D eigenvalue weighted by Crippen LogP contribution is 2.35. The maximum Gasteiger partial charge on any atom is 0.339 e. The van der Waals surface area contributed by atoms with E-state index >= 15 is 0 Å². The molecule has 0 spiro atoms. The van der Waals surface area contributed by atoms with E-state index in [9.17, 15) is 9.13 Å². The van der Waals surface area contributed by atoms with E-state index in [1.54, 1.807) is 9.80 Å². The first-order valence-corrected chi connectivity index (χ1v) is 12.6. The van der Waals surface area contributed by atoms with Crippen molar-refractivity contribution in [3.8, 4) is 0 Å². The van der Waals surface area contributed by atoms with Crippen LogP contribution in [0, 0.1) is 0 Å². The summed E-state index contributed by atoms with van der Waals surface area (Å²) < 4.78 is 44.1. The highest BCUT2D eigenvalue weighted by atomic mass is 31.2. The van der Waals surface area contributed by atoms with Gasteiger partial charge in [-0.1, -0.05) is 0 Å². The summed E-state index contributed by atoms with van der Waals surface area (Å²) in [7, 11) is -8.33. The third-order valence-electron chi connectivity index (χ3n) is 3.72. The number of nitrogens with zero attached hydrogens (tertiary/aromatic N) is 2. The van der Waals surface area contributed by atoms with Crippen LogP contribution in [0.1, 0.15) is 0 Å². The molecular weight excluding hydrogens is 418 g/mol. The molecule has 0 aliphatic carbocycles. The van der Waals surface area contributed by atoms with Crippen LogP contribution in [-0.2, 0) is 28.1 Å². The Bertz CT molecular complexity index is 437. The van der Waals surface area contributed by atoms with Gasteiger partial charge in [0.15, 0.2) is 0 Å². The molecule has 0 atom stereocenters. The molecule has 1 saturated heterocycles. The zero-order valence-corrected chi connectivity index (χ0v) is 17.7. The van der Waals surface area contributed by atoms with Gasteiger partial charge in [-0.2, -0.15) is 0 Å². The molecule has 4 N–H and O–H groups in total. The second-order valence-corrected chi connectivity index (χ2v) is 9.52. The van der Waals surface area contributed by atoms with Crippen molar-refractivity contribution in [3.05, 3.63) is 0 Å². The molecule has 0 aromatic heterocycles. The number of rotatable bonds is 4. The van der Waals surface area contributed by atoms with Gasteiger partial charge in [0, 0.05) is 26.2 Å². The minimum Gasteiger partial charge on any atom is -0.378 e. The summed E-state index contributed by atoms with van der Waals surface area (Å²) in [6, 6.07) is 0. The summed E-state index contributed by atoms with van der Waals surface area (Å²) in [5, 5.41) is 0. The van der Waals surface area contributed by atoms with Crippen LogP contribution in [0.15, 0.2) is 0 Å². The Morgan fingerprint density at radius 3 is 1.00 bits per heavy atom. The normalized spacial score (nSPS) is 22.4. The molecule has 0 aromatic rings. The number of hydrogen-bond acceptors (Lipinski definition) is 8. The second-order valence-electron chi connectivity index (χ2n) is 6.30. The SMILES string of the molecule is O=P(O)(O)CN1CCOCCOCCN(CP(=O)(O)O)CCOCCOCC1. The van der Waals surface area contributed by atoms with E-state index in [-0.39, 0.29) is 39.0 Å². The van der Waals surface area contributed by atoms with E-state index in [4.69, 9.17) is 38.5 Å². The monoisotopic (exact) mass is 450 g/mol. The molecule has 0 aromatic carbocycles. The smallest absolute Gasteiger partial charge is 0.339 e. The fourth-order valence-electron chi connectivity index (χ4n) is 2.45. The van der Waals surface area contributed by atoms with Gasteiger partial charge in [-0.25, -0.2) is 0 Å². The molecular formula is C14H32N2O10P2. The molecule has 14 heteroatoms. The fourth-order valence-corrected chi connectivity index (χ4v) is 4.05. The van der Waals surface area contributed by atoms with E-state index in [1.807, 2.05) is 0 Å². The van der Waals surface area contributed by atoms with Gasteiger partial charge in [0.2, 0.25) is 0 Å². The summed E-state index contributed by atoms with van der Waals surface area (Å²) in [6.07, 6.45) is -0.718. The van der Waals surface area contributed by atoms with Crippen molar-refractivity contribution in [2.24, 2.45) is 0 Å². The topological polar surface area (TPSA) is 158 Å². The van der Waals surface area contributed by atoms with Crippen LogP contribution in [0.3, 0.4) is 0 Å². The first-order valence-electron chi connectivity index (χ1n) is 9.00. The first kappa shape index (κ1) is 26.1. The van der Waals surface area contributed by atoms with Gasteiger partial charge in [0.05, 0.1) is 52.9 Å². The molecule has 0 radical (unpaired) electrons. The van der Waals surface area contributed by atoms with Crippen molar-refractivity contribution in [3.63, 3.8) is 0 Å². The maximum absolute atomic E-state index is 11.2. The second kappa shape index (κ2) is 14.1. The lowest BCUT2D eigenvalue weighted by Crippen LogP contribution is -2.34. The Labute approximate surface area is 165 Å². The zero-order chi connectivity index (χ0) is 20.9. The molecule has 1 fully saturated rings. The molecule has 1 rings (SSSR count). The van der Waals surface area contributed by atoms with Gasteiger partial charge in [0.25, 0.3) is 0 Å². The van der Waals surface area contributed by atoms with Crippen LogP contribution in [0.5, 0.6) is 0 Å². The Balaban J connectivity index is 2.45. The van der Waals surface area contributed by atoms with E-state index < -0.39 is 15.2 Å². The van der Waals surface area contributed by atoms with Crippen LogP contribution in [0.2, 0.25) is 0 Å². The molecule has 1 aliphatic rings. The van der Waals surface area contributed by atoms with E-state index in [0.717, 1.165) is 0 Å². The van der Waals surface area contributed by atoms with Gasteiger partial charge < -0.3 is 38.5 Å². The van der Waals surface area contributed by atoms with Crippen molar-refractivity contribution in [1.82, 2.24) is 9.80 Å². The third-order valence-corrected chi connectivity index (χ3v) is 5.26. The molecule has 0 bridgehead atoms. The zero-order valence-electron chi connectivity index (χ0n) is 15.9. The summed E-state index contributed by atoms with van der Waals surface area (Å²) >= 11 is 0. The van der Waals surface area contributed by atoms with E-state index in [1.165, 1.54) is 0 Å². The van der Waals surface area contributed by atoms with Crippen molar-refractivity contribution >= 4 is 15.2 Å². The van der Waals surface area contributed by atoms with Gasteiger partial charge in [-0.05, 0) is 0 Å². The Morgan fingerprint density at radius 2 is 0.786 bits per heavy atom. The lowest BCUT2D eigenvalue weighted by atomic mass is 10.5. The van der Waals surface area contributed by atoms with Crippen molar-refractivity contribution in [2.75, 3.05) is 91.6 Å². The van der Waals surface area contributed by atoms with Gasteiger partial charge >= 0.3 is 15.2 Å². The molecule has 0 saturated carbocycles. The van der Waals surface area contributed by atoms with E-state index in [2.05, 4.69) is 0 Å². The molecule has 0 unspecified atom stereocenters. The number of ether oxygens (including phenoxy) is 4. The summed E-state index contributed by atoms with van der Waals surface area (Å²) in [5.74, 6) is 0. The molecule has 28 heavy (non-hydrogen) atoms. The molecule has 168 valence electrons.